The van der Waals surface area contributed by atoms with Crippen LogP contribution in [0.3, 0.4) is 0 Å². The Morgan fingerprint density at radius 3 is 2.52 bits per heavy atom. The van der Waals surface area contributed by atoms with Gasteiger partial charge in [-0.05, 0) is 17.7 Å². The number of halogens is 3. The van der Waals surface area contributed by atoms with Crippen LogP contribution in [0.2, 0.25) is 0 Å². The van der Waals surface area contributed by atoms with Crippen molar-refractivity contribution in [3.8, 4) is 0 Å². The average molecular weight is 303 g/mol. The number of hydrogen-bond donors (Lipinski definition) is 2. The van der Waals surface area contributed by atoms with Crippen LogP contribution in [0.1, 0.15) is 18.1 Å². The van der Waals surface area contributed by atoms with E-state index in [-0.39, 0.29) is 24.7 Å². The minimum absolute atomic E-state index is 0.0375. The van der Waals surface area contributed by atoms with E-state index in [1.54, 1.807) is 13.0 Å². The third kappa shape index (κ3) is 4.35. The molecule has 0 saturated carbocycles. The molecule has 0 spiro atoms. The highest BCUT2D eigenvalue weighted by molar-refractivity contribution is 5.78. The molecule has 0 radical (unpaired) electrons. The van der Waals surface area contributed by atoms with Crippen LogP contribution in [0.15, 0.2) is 18.2 Å². The number of hydrogen-bond acceptors (Lipinski definition) is 3. The topological polar surface area (TPSA) is 58.4 Å². The minimum Gasteiger partial charge on any atom is -0.373 e. The highest BCUT2D eigenvalue weighted by Gasteiger charge is 2.35. The van der Waals surface area contributed by atoms with Gasteiger partial charge in [0.05, 0.1) is 11.5 Å². The Kier molecular flexibility index (Phi) is 5.60. The number of carbonyl (C=O) groups is 1. The molecule has 1 rings (SSSR count). The summed E-state index contributed by atoms with van der Waals surface area (Å²) < 4.78 is 39.4. The van der Waals surface area contributed by atoms with Crippen molar-refractivity contribution < 1.29 is 18.0 Å². The fraction of sp³-hybridized carbons (Fsp3) is 0.500. The number of alkyl halides is 3. The van der Waals surface area contributed by atoms with Gasteiger partial charge in [0.25, 0.3) is 0 Å². The molecular weight excluding hydrogens is 283 g/mol. The highest BCUT2D eigenvalue weighted by atomic mass is 19.4. The smallest absolute Gasteiger partial charge is 0.373 e. The van der Waals surface area contributed by atoms with Gasteiger partial charge in [-0.15, -0.1) is 0 Å². The van der Waals surface area contributed by atoms with E-state index in [9.17, 15) is 18.0 Å². The summed E-state index contributed by atoms with van der Waals surface area (Å²) in [5.74, 6) is -0.635. The van der Waals surface area contributed by atoms with Gasteiger partial charge >= 0.3 is 6.18 Å². The van der Waals surface area contributed by atoms with Gasteiger partial charge in [0.2, 0.25) is 5.91 Å². The van der Waals surface area contributed by atoms with Crippen molar-refractivity contribution in [3.05, 3.63) is 29.3 Å². The van der Waals surface area contributed by atoms with Gasteiger partial charge in [-0.25, -0.2) is 0 Å². The van der Waals surface area contributed by atoms with Crippen LogP contribution in [0.5, 0.6) is 0 Å². The summed E-state index contributed by atoms with van der Waals surface area (Å²) in [5, 5.41) is 2.48. The van der Waals surface area contributed by atoms with Crippen molar-refractivity contribution in [1.82, 2.24) is 5.32 Å². The van der Waals surface area contributed by atoms with Crippen molar-refractivity contribution in [3.63, 3.8) is 0 Å². The number of nitrogens with one attached hydrogen (secondary N) is 1. The van der Waals surface area contributed by atoms with E-state index < -0.39 is 17.7 Å². The van der Waals surface area contributed by atoms with Crippen molar-refractivity contribution >= 4 is 11.6 Å². The summed E-state index contributed by atoms with van der Waals surface area (Å²) in [6.07, 6.45) is -4.47. The summed E-state index contributed by atoms with van der Waals surface area (Å²) in [6, 6.07) is 4.00. The molecule has 0 aliphatic carbocycles. The van der Waals surface area contributed by atoms with Crippen molar-refractivity contribution in [2.24, 2.45) is 11.7 Å². The minimum atomic E-state index is -4.47. The summed E-state index contributed by atoms with van der Waals surface area (Å²) in [4.78, 5) is 12.9. The first kappa shape index (κ1) is 17.3. The van der Waals surface area contributed by atoms with E-state index in [0.29, 0.717) is 5.56 Å². The SMILES string of the molecule is CNC(=O)C(C)CN(C)c1ccc(CN)cc1C(F)(F)F. The Morgan fingerprint density at radius 2 is 2.05 bits per heavy atom. The van der Waals surface area contributed by atoms with Gasteiger partial charge in [0.15, 0.2) is 0 Å². The number of nitrogens with two attached hydrogens (primary N) is 1. The standard InChI is InChI=1S/C14H20F3N3O/c1-9(13(21)19-2)8-20(3)12-5-4-10(7-18)6-11(12)14(15,16)17/h4-6,9H,7-8,18H2,1-3H3,(H,19,21). The molecule has 21 heavy (non-hydrogen) atoms. The number of benzene rings is 1. The first-order chi connectivity index (χ1) is 9.70. The average Bonchev–Trinajstić information content (AvgIpc) is 2.44. The Labute approximate surface area is 122 Å². The van der Waals surface area contributed by atoms with E-state index in [1.807, 2.05) is 0 Å². The third-order valence-corrected chi connectivity index (χ3v) is 3.26. The largest absolute Gasteiger partial charge is 0.418 e. The Hall–Kier alpha value is -1.76. The fourth-order valence-electron chi connectivity index (χ4n) is 2.11. The second kappa shape index (κ2) is 6.80. The van der Waals surface area contributed by atoms with Crippen LogP contribution in [0.25, 0.3) is 0 Å². The number of nitrogens with zero attached hydrogens (tertiary/aromatic N) is 1. The van der Waals surface area contributed by atoms with E-state index >= 15 is 0 Å². The normalized spacial score (nSPS) is 12.9. The molecule has 0 aliphatic rings. The lowest BCUT2D eigenvalue weighted by Crippen LogP contribution is -2.35. The molecule has 4 nitrogen and oxygen atoms in total. The molecule has 7 heteroatoms. The molecule has 0 bridgehead atoms. The maximum Gasteiger partial charge on any atom is 0.418 e. The maximum atomic E-state index is 13.1. The van der Waals surface area contributed by atoms with E-state index in [2.05, 4.69) is 5.32 Å². The van der Waals surface area contributed by atoms with Crippen LogP contribution in [-0.4, -0.2) is 26.5 Å². The van der Waals surface area contributed by atoms with Crippen molar-refractivity contribution in [2.75, 3.05) is 25.5 Å². The molecule has 1 aromatic carbocycles. The molecule has 1 unspecified atom stereocenters. The lowest BCUT2D eigenvalue weighted by molar-refractivity contribution is -0.137. The second-order valence-electron chi connectivity index (χ2n) is 4.95. The molecule has 0 fully saturated rings. The third-order valence-electron chi connectivity index (χ3n) is 3.26. The zero-order chi connectivity index (χ0) is 16.2. The summed E-state index contributed by atoms with van der Waals surface area (Å²) in [5.41, 5.74) is 5.11. The van der Waals surface area contributed by atoms with Gasteiger partial charge in [0.1, 0.15) is 0 Å². The van der Waals surface area contributed by atoms with Crippen molar-refractivity contribution in [1.29, 1.82) is 0 Å². The number of amides is 1. The molecule has 1 amide bonds. The van der Waals surface area contributed by atoms with E-state index in [4.69, 9.17) is 5.73 Å². The molecule has 3 N–H and O–H groups in total. The maximum absolute atomic E-state index is 13.1. The zero-order valence-electron chi connectivity index (χ0n) is 12.3. The summed E-state index contributed by atoms with van der Waals surface area (Å²) in [7, 11) is 3.03. The Bertz CT molecular complexity index is 503. The van der Waals surface area contributed by atoms with Crippen LogP contribution in [-0.2, 0) is 17.5 Å². The molecular formula is C14H20F3N3O. The number of anilines is 1. The van der Waals surface area contributed by atoms with Crippen LogP contribution in [0.4, 0.5) is 18.9 Å². The molecule has 1 atom stereocenters. The zero-order valence-corrected chi connectivity index (χ0v) is 12.3. The molecule has 118 valence electrons. The first-order valence-electron chi connectivity index (χ1n) is 6.53. The van der Waals surface area contributed by atoms with Crippen LogP contribution in [0, 0.1) is 5.92 Å². The van der Waals surface area contributed by atoms with E-state index in [1.165, 1.54) is 25.1 Å². The van der Waals surface area contributed by atoms with Crippen LogP contribution >= 0.6 is 0 Å². The van der Waals surface area contributed by atoms with E-state index in [0.717, 1.165) is 6.07 Å². The fourth-order valence-corrected chi connectivity index (χ4v) is 2.11. The number of rotatable bonds is 5. The Morgan fingerprint density at radius 1 is 1.43 bits per heavy atom. The molecule has 0 aromatic heterocycles. The molecule has 0 saturated heterocycles. The van der Waals surface area contributed by atoms with Gasteiger partial charge in [-0.2, -0.15) is 13.2 Å². The van der Waals surface area contributed by atoms with Gasteiger partial charge in [-0.1, -0.05) is 13.0 Å². The predicted octanol–water partition coefficient (Wildman–Crippen LogP) is 1.98. The van der Waals surface area contributed by atoms with Crippen molar-refractivity contribution in [2.45, 2.75) is 19.6 Å². The second-order valence-corrected chi connectivity index (χ2v) is 4.95. The lowest BCUT2D eigenvalue weighted by atomic mass is 10.1. The van der Waals surface area contributed by atoms with Gasteiger partial charge < -0.3 is 16.0 Å². The molecule has 0 aliphatic heterocycles. The lowest BCUT2D eigenvalue weighted by Gasteiger charge is -2.26. The summed E-state index contributed by atoms with van der Waals surface area (Å²) in [6.45, 7) is 1.89. The van der Waals surface area contributed by atoms with Gasteiger partial charge in [-0.3, -0.25) is 4.79 Å². The Balaban J connectivity index is 3.08. The first-order valence-corrected chi connectivity index (χ1v) is 6.53. The molecule has 0 heterocycles. The van der Waals surface area contributed by atoms with Crippen LogP contribution < -0.4 is 16.0 Å². The molecule has 1 aromatic rings. The monoisotopic (exact) mass is 303 g/mol. The summed E-state index contributed by atoms with van der Waals surface area (Å²) >= 11 is 0. The highest BCUT2D eigenvalue weighted by Crippen LogP contribution is 2.37. The van der Waals surface area contributed by atoms with Gasteiger partial charge in [0, 0.05) is 32.9 Å². The predicted molar refractivity (Wildman–Crippen MR) is 75.8 cm³/mol. The quantitative estimate of drug-likeness (QED) is 0.874. The number of carbonyl (C=O) groups excluding carboxylic acids is 1.